The highest BCUT2D eigenvalue weighted by Crippen LogP contribution is 2.12. The molecule has 0 spiro atoms. The molecule has 0 aliphatic carbocycles. The molecule has 0 N–H and O–H groups in total. The number of rotatable bonds is 6. The van der Waals surface area contributed by atoms with Gasteiger partial charge >= 0.3 is 5.97 Å². The van der Waals surface area contributed by atoms with Crippen LogP contribution in [-0.2, 0) is 27.3 Å². The van der Waals surface area contributed by atoms with Crippen molar-refractivity contribution >= 4 is 23.2 Å². The first-order chi connectivity index (χ1) is 8.92. The first-order valence-electron chi connectivity index (χ1n) is 5.81. The first kappa shape index (κ1) is 15.6. The van der Waals surface area contributed by atoms with Gasteiger partial charge in [-0.15, -0.1) is 11.3 Å². The van der Waals surface area contributed by atoms with Crippen molar-refractivity contribution in [3.8, 4) is 0 Å². The number of likely N-dealkylation sites (N-methyl/N-ethyl adjacent to an activating group) is 2. The maximum Gasteiger partial charge on any atom is 0.319 e. The fourth-order valence-electron chi connectivity index (χ4n) is 1.41. The van der Waals surface area contributed by atoms with Crippen molar-refractivity contribution in [1.29, 1.82) is 0 Å². The third-order valence-electron chi connectivity index (χ3n) is 2.46. The van der Waals surface area contributed by atoms with Gasteiger partial charge in [0.15, 0.2) is 0 Å². The Morgan fingerprint density at radius 1 is 1.37 bits per heavy atom. The van der Waals surface area contributed by atoms with Crippen LogP contribution in [0.3, 0.4) is 0 Å². The maximum absolute atomic E-state index is 11.5. The molecule has 0 aromatic carbocycles. The largest absolute Gasteiger partial charge is 0.468 e. The summed E-state index contributed by atoms with van der Waals surface area (Å²) in [6.45, 7) is 0.780. The molecule has 19 heavy (non-hydrogen) atoms. The predicted molar refractivity (Wildman–Crippen MR) is 72.9 cm³/mol. The molecule has 0 aliphatic rings. The van der Waals surface area contributed by atoms with Gasteiger partial charge in [0.1, 0.15) is 5.01 Å². The van der Waals surface area contributed by atoms with Gasteiger partial charge in [-0.2, -0.15) is 0 Å². The molecule has 0 aliphatic heterocycles. The zero-order chi connectivity index (χ0) is 14.4. The van der Waals surface area contributed by atoms with Gasteiger partial charge in [0.2, 0.25) is 5.91 Å². The molecule has 0 radical (unpaired) electrons. The lowest BCUT2D eigenvalue weighted by molar-refractivity contribution is -0.141. The van der Waals surface area contributed by atoms with E-state index in [4.69, 9.17) is 0 Å². The third-order valence-corrected chi connectivity index (χ3v) is 3.36. The Bertz CT molecular complexity index is 445. The molecule has 1 aromatic rings. The van der Waals surface area contributed by atoms with E-state index in [0.717, 1.165) is 10.7 Å². The summed E-state index contributed by atoms with van der Waals surface area (Å²) < 4.78 is 4.59. The third kappa shape index (κ3) is 5.35. The van der Waals surface area contributed by atoms with Crippen molar-refractivity contribution in [2.75, 3.05) is 34.8 Å². The Morgan fingerprint density at radius 2 is 2.05 bits per heavy atom. The molecule has 0 bridgehead atoms. The monoisotopic (exact) mass is 285 g/mol. The van der Waals surface area contributed by atoms with Crippen molar-refractivity contribution in [2.45, 2.75) is 13.0 Å². The molecule has 0 unspecified atom stereocenters. The van der Waals surface area contributed by atoms with Gasteiger partial charge in [0, 0.05) is 26.0 Å². The highest BCUT2D eigenvalue weighted by Gasteiger charge is 2.12. The van der Waals surface area contributed by atoms with Crippen LogP contribution in [0, 0.1) is 0 Å². The van der Waals surface area contributed by atoms with Gasteiger partial charge in [-0.1, -0.05) is 0 Å². The summed E-state index contributed by atoms with van der Waals surface area (Å²) >= 11 is 1.46. The number of nitrogens with zero attached hydrogens (tertiary/aromatic N) is 3. The van der Waals surface area contributed by atoms with Crippen molar-refractivity contribution in [3.05, 3.63) is 16.1 Å². The van der Waals surface area contributed by atoms with Gasteiger partial charge < -0.3 is 9.64 Å². The molecule has 0 saturated carbocycles. The Labute approximate surface area is 117 Å². The number of aromatic nitrogens is 1. The molecule has 1 amide bonds. The highest BCUT2D eigenvalue weighted by molar-refractivity contribution is 7.09. The van der Waals surface area contributed by atoms with Gasteiger partial charge in [-0.3, -0.25) is 14.5 Å². The summed E-state index contributed by atoms with van der Waals surface area (Å²) in [7, 11) is 6.63. The van der Waals surface area contributed by atoms with E-state index in [2.05, 4.69) is 9.72 Å². The van der Waals surface area contributed by atoms with Gasteiger partial charge in [0.25, 0.3) is 0 Å². The van der Waals surface area contributed by atoms with Crippen LogP contribution < -0.4 is 0 Å². The van der Waals surface area contributed by atoms with Crippen LogP contribution in [0.5, 0.6) is 0 Å². The minimum Gasteiger partial charge on any atom is -0.468 e. The van der Waals surface area contributed by atoms with Crippen LogP contribution in [0.4, 0.5) is 0 Å². The molecule has 1 heterocycles. The number of ether oxygens (including phenoxy) is 1. The summed E-state index contributed by atoms with van der Waals surface area (Å²) in [5.74, 6) is -0.246. The number of esters is 1. The molecule has 6 nitrogen and oxygen atoms in total. The summed E-state index contributed by atoms with van der Waals surface area (Å²) in [4.78, 5) is 30.4. The minimum absolute atomic E-state index is 0.0313. The number of carbonyl (C=O) groups is 2. The van der Waals surface area contributed by atoms with E-state index in [1.54, 1.807) is 19.0 Å². The van der Waals surface area contributed by atoms with E-state index < -0.39 is 0 Å². The fourth-order valence-corrected chi connectivity index (χ4v) is 2.18. The van der Waals surface area contributed by atoms with Crippen LogP contribution in [0.2, 0.25) is 0 Å². The average Bonchev–Trinajstić information content (AvgIpc) is 2.75. The minimum atomic E-state index is -0.277. The number of carbonyl (C=O) groups excluding carboxylic acids is 2. The number of hydrogen-bond donors (Lipinski definition) is 0. The Hall–Kier alpha value is -1.47. The molecule has 1 rings (SSSR count). The fraction of sp³-hybridized carbons (Fsp3) is 0.583. The summed E-state index contributed by atoms with van der Waals surface area (Å²) in [5.41, 5.74) is 0.859. The van der Waals surface area contributed by atoms with Crippen LogP contribution in [-0.4, -0.2) is 61.5 Å². The lowest BCUT2D eigenvalue weighted by Gasteiger charge is -2.13. The van der Waals surface area contributed by atoms with Crippen LogP contribution in [0.1, 0.15) is 10.7 Å². The topological polar surface area (TPSA) is 62.7 Å². The molecular weight excluding hydrogens is 266 g/mol. The van der Waals surface area contributed by atoms with E-state index in [9.17, 15) is 9.59 Å². The van der Waals surface area contributed by atoms with Crippen molar-refractivity contribution in [2.24, 2.45) is 0 Å². The molecule has 7 heteroatoms. The van der Waals surface area contributed by atoms with Crippen molar-refractivity contribution in [1.82, 2.24) is 14.8 Å². The second-order valence-electron chi connectivity index (χ2n) is 4.45. The molecule has 0 saturated heterocycles. The number of hydrogen-bond acceptors (Lipinski definition) is 6. The summed E-state index contributed by atoms with van der Waals surface area (Å²) in [6, 6.07) is 0. The molecule has 1 aromatic heterocycles. The zero-order valence-electron chi connectivity index (χ0n) is 11.7. The summed E-state index contributed by atoms with van der Waals surface area (Å²) in [6.07, 6.45) is 0.318. The molecule has 0 atom stereocenters. The van der Waals surface area contributed by atoms with Crippen LogP contribution in [0.25, 0.3) is 0 Å². The maximum atomic E-state index is 11.5. The number of amides is 1. The van der Waals surface area contributed by atoms with Gasteiger partial charge in [-0.25, -0.2) is 4.98 Å². The molecule has 106 valence electrons. The standard InChI is InChI=1S/C12H19N3O3S/c1-14(2)11(16)5-10-13-9(8-19-10)6-15(3)7-12(17)18-4/h8H,5-7H2,1-4H3. The van der Waals surface area contributed by atoms with E-state index in [0.29, 0.717) is 13.0 Å². The molecule has 0 fully saturated rings. The number of thiazole rings is 1. The van der Waals surface area contributed by atoms with Crippen molar-refractivity contribution < 1.29 is 14.3 Å². The first-order valence-corrected chi connectivity index (χ1v) is 6.69. The SMILES string of the molecule is COC(=O)CN(C)Cc1csc(CC(=O)N(C)C)n1. The molecular formula is C12H19N3O3S. The Balaban J connectivity index is 2.50. The average molecular weight is 285 g/mol. The quantitative estimate of drug-likeness (QED) is 0.707. The van der Waals surface area contributed by atoms with E-state index in [1.807, 2.05) is 17.3 Å². The smallest absolute Gasteiger partial charge is 0.319 e. The van der Waals surface area contributed by atoms with E-state index in [1.165, 1.54) is 18.4 Å². The van der Waals surface area contributed by atoms with Gasteiger partial charge in [-0.05, 0) is 7.05 Å². The summed E-state index contributed by atoms with van der Waals surface area (Å²) in [5, 5.41) is 2.70. The van der Waals surface area contributed by atoms with Crippen LogP contribution >= 0.6 is 11.3 Å². The Morgan fingerprint density at radius 3 is 2.63 bits per heavy atom. The predicted octanol–water partition coefficient (Wildman–Crippen LogP) is 0.379. The Kier molecular flexibility index (Phi) is 5.91. The van der Waals surface area contributed by atoms with Crippen molar-refractivity contribution in [3.63, 3.8) is 0 Å². The van der Waals surface area contributed by atoms with Crippen LogP contribution in [0.15, 0.2) is 5.38 Å². The number of methoxy groups -OCH3 is 1. The second kappa shape index (κ2) is 7.20. The highest BCUT2D eigenvalue weighted by atomic mass is 32.1. The van der Waals surface area contributed by atoms with Gasteiger partial charge in [0.05, 0.1) is 25.8 Å². The lowest BCUT2D eigenvalue weighted by Crippen LogP contribution is -2.26. The lowest BCUT2D eigenvalue weighted by atomic mass is 10.4. The second-order valence-corrected chi connectivity index (χ2v) is 5.39. The van der Waals surface area contributed by atoms with E-state index in [-0.39, 0.29) is 18.4 Å². The van der Waals surface area contributed by atoms with E-state index >= 15 is 0 Å². The normalized spacial score (nSPS) is 10.6. The zero-order valence-corrected chi connectivity index (χ0v) is 12.5.